The molecule has 1 aromatic carbocycles. The molecular weight excluding hydrogens is 352 g/mol. The number of aryl methyl sites for hydroxylation is 2. The van der Waals surface area contributed by atoms with E-state index >= 15 is 0 Å². The predicted molar refractivity (Wildman–Crippen MR) is 100 cm³/mol. The average Bonchev–Trinajstić information content (AvgIpc) is 2.97. The summed E-state index contributed by atoms with van der Waals surface area (Å²) in [5.74, 6) is 0.359. The summed E-state index contributed by atoms with van der Waals surface area (Å²) in [5, 5.41) is 11.3. The van der Waals surface area contributed by atoms with Crippen molar-refractivity contribution in [2.75, 3.05) is 23.9 Å². The van der Waals surface area contributed by atoms with E-state index < -0.39 is 9.84 Å². The summed E-state index contributed by atoms with van der Waals surface area (Å²) in [6, 6.07) is 9.00. The maximum Gasteiger partial charge on any atom is 0.274 e. The molecule has 138 valence electrons. The fraction of sp³-hybridized carbons (Fsp3) is 0.389. The number of para-hydroxylation sites is 1. The van der Waals surface area contributed by atoms with Gasteiger partial charge in [-0.2, -0.15) is 0 Å². The number of nitrogens with zero attached hydrogens (tertiary/aromatic N) is 3. The van der Waals surface area contributed by atoms with E-state index in [9.17, 15) is 13.2 Å². The van der Waals surface area contributed by atoms with E-state index in [1.165, 1.54) is 4.90 Å². The van der Waals surface area contributed by atoms with Crippen molar-refractivity contribution < 1.29 is 13.2 Å². The lowest BCUT2D eigenvalue weighted by molar-refractivity contribution is 0.0740. The van der Waals surface area contributed by atoms with Crippen LogP contribution in [0.15, 0.2) is 30.3 Å². The van der Waals surface area contributed by atoms with Crippen LogP contribution in [-0.4, -0.2) is 54.0 Å². The van der Waals surface area contributed by atoms with Crippen molar-refractivity contribution in [2.45, 2.75) is 26.3 Å². The highest BCUT2D eigenvalue weighted by Crippen LogP contribution is 2.23. The van der Waals surface area contributed by atoms with Crippen LogP contribution in [0.3, 0.4) is 0 Å². The minimum atomic E-state index is -3.05. The number of sulfone groups is 1. The van der Waals surface area contributed by atoms with Crippen molar-refractivity contribution in [3.63, 3.8) is 0 Å². The van der Waals surface area contributed by atoms with Crippen LogP contribution in [0.2, 0.25) is 0 Å². The van der Waals surface area contributed by atoms with Gasteiger partial charge in [-0.3, -0.25) is 4.79 Å². The van der Waals surface area contributed by atoms with Gasteiger partial charge in [-0.1, -0.05) is 18.2 Å². The molecule has 1 atom stereocenters. The lowest BCUT2D eigenvalue weighted by Crippen LogP contribution is -2.38. The number of hydrogen-bond acceptors (Lipinski definition) is 6. The third-order valence-electron chi connectivity index (χ3n) is 4.69. The van der Waals surface area contributed by atoms with Gasteiger partial charge in [0.2, 0.25) is 0 Å². The molecule has 26 heavy (non-hydrogen) atoms. The number of benzene rings is 1. The topological polar surface area (TPSA) is 92.3 Å². The van der Waals surface area contributed by atoms with Crippen molar-refractivity contribution in [3.05, 3.63) is 47.2 Å². The number of amides is 1. The van der Waals surface area contributed by atoms with E-state index in [-0.39, 0.29) is 29.1 Å². The molecule has 0 spiro atoms. The largest absolute Gasteiger partial charge is 0.338 e. The third kappa shape index (κ3) is 3.85. The minimum absolute atomic E-state index is 0.00880. The molecule has 1 N–H and O–H groups in total. The summed E-state index contributed by atoms with van der Waals surface area (Å²) in [4.78, 5) is 14.0. The molecule has 1 amide bonds. The van der Waals surface area contributed by atoms with Crippen molar-refractivity contribution in [1.29, 1.82) is 0 Å². The second-order valence-corrected chi connectivity index (χ2v) is 8.90. The van der Waals surface area contributed by atoms with Crippen LogP contribution in [0.4, 0.5) is 11.5 Å². The molecule has 1 aliphatic heterocycles. The van der Waals surface area contributed by atoms with Gasteiger partial charge in [-0.25, -0.2) is 8.42 Å². The highest BCUT2D eigenvalue weighted by Gasteiger charge is 2.33. The molecule has 1 saturated heterocycles. The van der Waals surface area contributed by atoms with E-state index in [0.29, 0.717) is 12.2 Å². The number of hydrogen-bond donors (Lipinski definition) is 1. The molecular formula is C18H22N4O3S. The summed E-state index contributed by atoms with van der Waals surface area (Å²) in [6.45, 7) is 4.01. The quantitative estimate of drug-likeness (QED) is 0.881. The minimum Gasteiger partial charge on any atom is -0.338 e. The first-order chi connectivity index (χ1) is 12.3. The molecule has 1 aliphatic rings. The molecule has 8 heteroatoms. The first-order valence-corrected chi connectivity index (χ1v) is 10.2. The monoisotopic (exact) mass is 374 g/mol. The smallest absolute Gasteiger partial charge is 0.274 e. The zero-order chi connectivity index (χ0) is 18.9. The zero-order valence-corrected chi connectivity index (χ0v) is 15.9. The van der Waals surface area contributed by atoms with Crippen LogP contribution < -0.4 is 5.32 Å². The van der Waals surface area contributed by atoms with Crippen LogP contribution in [0.25, 0.3) is 0 Å². The SMILES string of the molecule is Cc1cccc(C)c1Nc1ccc(C(=O)N(C)C2CCS(=O)(=O)C2)nn1. The Bertz CT molecular complexity index is 906. The molecule has 1 unspecified atom stereocenters. The Labute approximate surface area is 153 Å². The van der Waals surface area contributed by atoms with Gasteiger partial charge >= 0.3 is 0 Å². The number of rotatable bonds is 4. The van der Waals surface area contributed by atoms with E-state index in [2.05, 4.69) is 15.5 Å². The van der Waals surface area contributed by atoms with E-state index in [1.54, 1.807) is 19.2 Å². The van der Waals surface area contributed by atoms with Crippen LogP contribution >= 0.6 is 0 Å². The molecule has 1 aromatic heterocycles. The predicted octanol–water partition coefficient (Wildman–Crippen LogP) is 2.10. The van der Waals surface area contributed by atoms with Crippen LogP contribution in [0, 0.1) is 13.8 Å². The Kier molecular flexibility index (Phi) is 4.95. The molecule has 1 fully saturated rings. The van der Waals surface area contributed by atoms with Crippen molar-refractivity contribution in [2.24, 2.45) is 0 Å². The molecule has 0 radical (unpaired) electrons. The number of carbonyl (C=O) groups excluding carboxylic acids is 1. The Morgan fingerprint density at radius 2 is 1.85 bits per heavy atom. The standard InChI is InChI=1S/C18H22N4O3S/c1-12-5-4-6-13(2)17(12)19-16-8-7-15(20-21-16)18(23)22(3)14-9-10-26(24,25)11-14/h4-8,14H,9-11H2,1-3H3,(H,19,21). The van der Waals surface area contributed by atoms with Gasteiger partial charge in [-0.15, -0.1) is 10.2 Å². The molecule has 0 bridgehead atoms. The summed E-state index contributed by atoms with van der Waals surface area (Å²) in [6.07, 6.45) is 0.463. The highest BCUT2D eigenvalue weighted by atomic mass is 32.2. The van der Waals surface area contributed by atoms with Crippen LogP contribution in [0.1, 0.15) is 28.0 Å². The number of anilines is 2. The molecule has 3 rings (SSSR count). The number of carbonyl (C=O) groups is 1. The summed E-state index contributed by atoms with van der Waals surface area (Å²) in [7, 11) is -1.44. The van der Waals surface area contributed by atoms with Crippen LogP contribution in [0.5, 0.6) is 0 Å². The van der Waals surface area contributed by atoms with Gasteiger partial charge in [0.15, 0.2) is 21.3 Å². The van der Waals surface area contributed by atoms with Crippen molar-refractivity contribution in [1.82, 2.24) is 15.1 Å². The van der Waals surface area contributed by atoms with E-state index in [1.807, 2.05) is 32.0 Å². The lowest BCUT2D eigenvalue weighted by Gasteiger charge is -2.22. The Hall–Kier alpha value is -2.48. The molecule has 0 saturated carbocycles. The van der Waals surface area contributed by atoms with Gasteiger partial charge in [0.1, 0.15) is 0 Å². The Morgan fingerprint density at radius 3 is 2.38 bits per heavy atom. The maximum absolute atomic E-state index is 12.5. The molecule has 7 nitrogen and oxygen atoms in total. The van der Waals surface area contributed by atoms with Crippen LogP contribution in [-0.2, 0) is 9.84 Å². The van der Waals surface area contributed by atoms with Gasteiger partial charge < -0.3 is 10.2 Å². The highest BCUT2D eigenvalue weighted by molar-refractivity contribution is 7.91. The average molecular weight is 374 g/mol. The second-order valence-electron chi connectivity index (χ2n) is 6.67. The van der Waals surface area contributed by atoms with Gasteiger partial charge in [0.25, 0.3) is 5.91 Å². The first kappa shape index (κ1) is 18.3. The zero-order valence-electron chi connectivity index (χ0n) is 15.1. The summed E-state index contributed by atoms with van der Waals surface area (Å²) >= 11 is 0. The number of nitrogens with one attached hydrogen (secondary N) is 1. The molecule has 2 aromatic rings. The van der Waals surface area contributed by atoms with Gasteiger partial charge in [0.05, 0.1) is 11.5 Å². The third-order valence-corrected chi connectivity index (χ3v) is 6.44. The Morgan fingerprint density at radius 1 is 1.15 bits per heavy atom. The second kappa shape index (κ2) is 7.03. The van der Waals surface area contributed by atoms with Crippen molar-refractivity contribution >= 4 is 27.2 Å². The lowest BCUT2D eigenvalue weighted by atomic mass is 10.1. The molecule has 0 aliphatic carbocycles. The van der Waals surface area contributed by atoms with E-state index in [4.69, 9.17) is 0 Å². The fourth-order valence-corrected chi connectivity index (χ4v) is 4.85. The van der Waals surface area contributed by atoms with Crippen molar-refractivity contribution in [3.8, 4) is 0 Å². The first-order valence-electron chi connectivity index (χ1n) is 8.41. The Balaban J connectivity index is 1.72. The molecule has 2 heterocycles. The number of aromatic nitrogens is 2. The van der Waals surface area contributed by atoms with E-state index in [0.717, 1.165) is 16.8 Å². The van der Waals surface area contributed by atoms with Gasteiger partial charge in [0, 0.05) is 18.8 Å². The normalized spacial score (nSPS) is 18.5. The summed E-state index contributed by atoms with van der Waals surface area (Å²) in [5.41, 5.74) is 3.35. The fourth-order valence-electron chi connectivity index (χ4n) is 3.08. The maximum atomic E-state index is 12.5. The summed E-state index contributed by atoms with van der Waals surface area (Å²) < 4.78 is 23.2. The van der Waals surface area contributed by atoms with Gasteiger partial charge in [-0.05, 0) is 43.5 Å².